The molecular weight excluding hydrogens is 300 g/mol. The summed E-state index contributed by atoms with van der Waals surface area (Å²) < 4.78 is 0.897. The van der Waals surface area contributed by atoms with Gasteiger partial charge in [-0.05, 0) is 24.6 Å². The van der Waals surface area contributed by atoms with Crippen molar-refractivity contribution in [3.63, 3.8) is 0 Å². The van der Waals surface area contributed by atoms with Crippen molar-refractivity contribution in [1.82, 2.24) is 4.90 Å². The zero-order valence-electron chi connectivity index (χ0n) is 10.1. The molecule has 0 bridgehead atoms. The van der Waals surface area contributed by atoms with E-state index in [0.717, 1.165) is 10.0 Å². The van der Waals surface area contributed by atoms with E-state index in [2.05, 4.69) is 15.9 Å². The first-order valence-corrected chi connectivity index (χ1v) is 6.24. The van der Waals surface area contributed by atoms with Crippen molar-refractivity contribution in [3.8, 4) is 0 Å². The summed E-state index contributed by atoms with van der Waals surface area (Å²) in [5.41, 5.74) is 1.77. The van der Waals surface area contributed by atoms with Crippen LogP contribution in [0.5, 0.6) is 0 Å². The molecule has 18 heavy (non-hydrogen) atoms. The fourth-order valence-corrected chi connectivity index (χ4v) is 2.27. The number of carboxylic acids is 1. The number of amides is 2. The van der Waals surface area contributed by atoms with E-state index in [1.165, 1.54) is 16.8 Å². The van der Waals surface area contributed by atoms with E-state index >= 15 is 0 Å². The number of likely N-dealkylation sites (N-methyl/N-ethyl adjacent to an activating group) is 1. The van der Waals surface area contributed by atoms with Crippen LogP contribution in [0.4, 0.5) is 10.5 Å². The Morgan fingerprint density at radius 2 is 2.17 bits per heavy atom. The Labute approximate surface area is 113 Å². The van der Waals surface area contributed by atoms with Crippen molar-refractivity contribution in [2.75, 3.05) is 18.5 Å². The first kappa shape index (κ1) is 12.9. The maximum absolute atomic E-state index is 12.0. The number of aryl methyl sites for hydroxylation is 1. The zero-order valence-corrected chi connectivity index (χ0v) is 11.6. The van der Waals surface area contributed by atoms with Gasteiger partial charge in [0.1, 0.15) is 6.04 Å². The minimum absolute atomic E-state index is 0.167. The predicted molar refractivity (Wildman–Crippen MR) is 70.8 cm³/mol. The molecule has 1 N–H and O–H groups in total. The fourth-order valence-electron chi connectivity index (χ4n) is 1.91. The zero-order chi connectivity index (χ0) is 13.4. The lowest BCUT2D eigenvalue weighted by molar-refractivity contribution is -0.140. The van der Waals surface area contributed by atoms with Crippen molar-refractivity contribution in [1.29, 1.82) is 0 Å². The second kappa shape index (κ2) is 4.61. The Balaban J connectivity index is 2.32. The molecule has 1 aromatic carbocycles. The number of carbonyl (C=O) groups excluding carboxylic acids is 1. The third-order valence-corrected chi connectivity index (χ3v) is 3.96. The number of aliphatic carboxylic acids is 1. The number of benzene rings is 1. The van der Waals surface area contributed by atoms with E-state index in [-0.39, 0.29) is 12.6 Å². The first-order chi connectivity index (χ1) is 8.41. The van der Waals surface area contributed by atoms with E-state index in [1.54, 1.807) is 0 Å². The Kier molecular flexibility index (Phi) is 3.30. The molecule has 1 unspecified atom stereocenters. The Morgan fingerprint density at radius 3 is 2.67 bits per heavy atom. The lowest BCUT2D eigenvalue weighted by Gasteiger charge is -2.16. The van der Waals surface area contributed by atoms with Crippen LogP contribution in [-0.4, -0.2) is 41.6 Å². The molecule has 5 nitrogen and oxygen atoms in total. The summed E-state index contributed by atoms with van der Waals surface area (Å²) in [5, 5.41) is 9.04. The molecule has 96 valence electrons. The van der Waals surface area contributed by atoms with E-state index in [9.17, 15) is 9.59 Å². The third-order valence-electron chi connectivity index (χ3n) is 3.11. The fraction of sp³-hybridized carbons (Fsp3) is 0.333. The van der Waals surface area contributed by atoms with Gasteiger partial charge in [-0.2, -0.15) is 0 Å². The van der Waals surface area contributed by atoms with Crippen LogP contribution >= 0.6 is 15.9 Å². The average molecular weight is 313 g/mol. The molecular formula is C12H13BrN2O3. The molecule has 1 aliphatic heterocycles. The molecule has 1 saturated heterocycles. The standard InChI is InChI=1S/C12H13BrN2O3/c1-7-3-4-8(5-9(7)13)15-6-10(11(16)17)14(2)12(15)18/h3-5,10H,6H2,1-2H3,(H,16,17). The molecule has 0 saturated carbocycles. The molecule has 1 aromatic rings. The number of halogens is 1. The van der Waals surface area contributed by atoms with Crippen LogP contribution in [-0.2, 0) is 4.79 Å². The molecule has 0 radical (unpaired) electrons. The van der Waals surface area contributed by atoms with Crippen molar-refractivity contribution in [2.45, 2.75) is 13.0 Å². The maximum atomic E-state index is 12.0. The SMILES string of the molecule is Cc1ccc(N2CC(C(=O)O)N(C)C2=O)cc1Br. The topological polar surface area (TPSA) is 60.9 Å². The minimum atomic E-state index is -0.987. The third kappa shape index (κ3) is 2.08. The van der Waals surface area contributed by atoms with E-state index in [4.69, 9.17) is 5.11 Å². The summed E-state index contributed by atoms with van der Waals surface area (Å²) in [5.74, 6) is -0.987. The summed E-state index contributed by atoms with van der Waals surface area (Å²) in [7, 11) is 1.50. The van der Waals surface area contributed by atoms with Gasteiger partial charge in [0.2, 0.25) is 0 Å². The van der Waals surface area contributed by atoms with Crippen molar-refractivity contribution in [2.24, 2.45) is 0 Å². The molecule has 0 aliphatic carbocycles. The number of urea groups is 1. The molecule has 2 amide bonds. The van der Waals surface area contributed by atoms with E-state index in [1.807, 2.05) is 25.1 Å². The second-order valence-corrected chi connectivity index (χ2v) is 5.15. The van der Waals surface area contributed by atoms with Gasteiger partial charge in [-0.15, -0.1) is 0 Å². The van der Waals surface area contributed by atoms with Gasteiger partial charge in [0.05, 0.1) is 6.54 Å². The summed E-state index contributed by atoms with van der Waals surface area (Å²) in [6.07, 6.45) is 0. The molecule has 1 fully saturated rings. The summed E-state index contributed by atoms with van der Waals surface area (Å²) in [4.78, 5) is 25.7. The molecule has 1 atom stereocenters. The number of anilines is 1. The first-order valence-electron chi connectivity index (χ1n) is 5.45. The maximum Gasteiger partial charge on any atom is 0.328 e. The normalized spacial score (nSPS) is 19.5. The second-order valence-electron chi connectivity index (χ2n) is 4.29. The van der Waals surface area contributed by atoms with Gasteiger partial charge in [-0.1, -0.05) is 22.0 Å². The highest BCUT2D eigenvalue weighted by atomic mass is 79.9. The summed E-state index contributed by atoms with van der Waals surface area (Å²) in [6.45, 7) is 2.12. The molecule has 1 aliphatic rings. The Bertz CT molecular complexity index is 518. The number of rotatable bonds is 2. The van der Waals surface area contributed by atoms with Crippen LogP contribution in [0.15, 0.2) is 22.7 Å². The number of carboxylic acid groups (broad SMARTS) is 1. The number of hydrogen-bond donors (Lipinski definition) is 1. The highest BCUT2D eigenvalue weighted by molar-refractivity contribution is 9.10. The smallest absolute Gasteiger partial charge is 0.328 e. The minimum Gasteiger partial charge on any atom is -0.480 e. The largest absolute Gasteiger partial charge is 0.480 e. The van der Waals surface area contributed by atoms with Crippen LogP contribution in [0, 0.1) is 6.92 Å². The van der Waals surface area contributed by atoms with Crippen LogP contribution < -0.4 is 4.90 Å². The van der Waals surface area contributed by atoms with E-state index < -0.39 is 12.0 Å². The molecule has 2 rings (SSSR count). The van der Waals surface area contributed by atoms with Gasteiger partial charge in [0.25, 0.3) is 0 Å². The van der Waals surface area contributed by atoms with Crippen LogP contribution in [0.1, 0.15) is 5.56 Å². The average Bonchev–Trinajstić information content (AvgIpc) is 2.60. The van der Waals surface area contributed by atoms with Crippen molar-refractivity contribution in [3.05, 3.63) is 28.2 Å². The summed E-state index contributed by atoms with van der Waals surface area (Å²) in [6, 6.07) is 4.44. The van der Waals surface area contributed by atoms with Gasteiger partial charge in [0.15, 0.2) is 0 Å². The molecule has 1 heterocycles. The monoisotopic (exact) mass is 312 g/mol. The number of nitrogens with zero attached hydrogens (tertiary/aromatic N) is 2. The highest BCUT2D eigenvalue weighted by Gasteiger charge is 2.39. The predicted octanol–water partition coefficient (Wildman–Crippen LogP) is 2.08. The Morgan fingerprint density at radius 1 is 1.50 bits per heavy atom. The van der Waals surface area contributed by atoms with Gasteiger partial charge in [0, 0.05) is 17.2 Å². The van der Waals surface area contributed by atoms with E-state index in [0.29, 0.717) is 5.69 Å². The summed E-state index contributed by atoms with van der Waals surface area (Å²) >= 11 is 3.40. The van der Waals surface area contributed by atoms with Crippen LogP contribution in [0.2, 0.25) is 0 Å². The van der Waals surface area contributed by atoms with Gasteiger partial charge in [-0.25, -0.2) is 9.59 Å². The lowest BCUT2D eigenvalue weighted by Crippen LogP contribution is -2.36. The van der Waals surface area contributed by atoms with Crippen molar-refractivity contribution < 1.29 is 14.7 Å². The van der Waals surface area contributed by atoms with Crippen LogP contribution in [0.25, 0.3) is 0 Å². The Hall–Kier alpha value is -1.56. The van der Waals surface area contributed by atoms with Gasteiger partial charge in [-0.3, -0.25) is 4.90 Å². The van der Waals surface area contributed by atoms with Crippen molar-refractivity contribution >= 4 is 33.6 Å². The lowest BCUT2D eigenvalue weighted by atomic mass is 10.2. The molecule has 6 heteroatoms. The molecule has 0 spiro atoms. The highest BCUT2D eigenvalue weighted by Crippen LogP contribution is 2.27. The molecule has 0 aromatic heterocycles. The quantitative estimate of drug-likeness (QED) is 0.909. The number of carbonyl (C=O) groups is 2. The van der Waals surface area contributed by atoms with Crippen LogP contribution in [0.3, 0.4) is 0 Å². The number of hydrogen-bond acceptors (Lipinski definition) is 2. The van der Waals surface area contributed by atoms with Gasteiger partial charge >= 0.3 is 12.0 Å². The van der Waals surface area contributed by atoms with Gasteiger partial charge < -0.3 is 10.0 Å².